The van der Waals surface area contributed by atoms with Crippen LogP contribution in [0.3, 0.4) is 0 Å². The number of halogens is 2. The van der Waals surface area contributed by atoms with Crippen LogP contribution in [0.25, 0.3) is 0 Å². The van der Waals surface area contributed by atoms with Crippen LogP contribution in [0, 0.1) is 6.92 Å². The fourth-order valence-electron chi connectivity index (χ4n) is 5.18. The molecule has 0 radical (unpaired) electrons. The van der Waals surface area contributed by atoms with E-state index < -0.39 is 17.4 Å². The van der Waals surface area contributed by atoms with Crippen LogP contribution in [-0.2, 0) is 15.0 Å². The molecule has 0 bridgehead atoms. The fourth-order valence-corrected chi connectivity index (χ4v) is 5.55. The first-order chi connectivity index (χ1) is 14.9. The Balaban J connectivity index is 1.83. The van der Waals surface area contributed by atoms with Crippen molar-refractivity contribution in [3.63, 3.8) is 0 Å². The van der Waals surface area contributed by atoms with Gasteiger partial charge in [-0.1, -0.05) is 65.7 Å². The number of piperidine rings is 1. The number of amides is 2. The summed E-state index contributed by atoms with van der Waals surface area (Å²) in [4.78, 5) is 26.8. The second-order valence-corrected chi connectivity index (χ2v) is 9.05. The van der Waals surface area contributed by atoms with E-state index in [1.165, 1.54) is 0 Å². The van der Waals surface area contributed by atoms with E-state index >= 15 is 0 Å². The van der Waals surface area contributed by atoms with Crippen molar-refractivity contribution < 1.29 is 9.59 Å². The number of fused-ring (bicyclic) bond motifs is 2. The SMILES string of the molecule is Cc1ccccc1[C@@H]1NC(=O)C[C@H](c2cccc(Cl)c2)[C@@]12C(=O)Nc1cc(Cl)ccc12. The highest BCUT2D eigenvalue weighted by Crippen LogP contribution is 2.57. The lowest BCUT2D eigenvalue weighted by Crippen LogP contribution is -2.57. The zero-order chi connectivity index (χ0) is 21.8. The van der Waals surface area contributed by atoms with Gasteiger partial charge in [-0.05, 0) is 53.4 Å². The van der Waals surface area contributed by atoms with Crippen molar-refractivity contribution >= 4 is 40.7 Å². The highest BCUT2D eigenvalue weighted by Gasteiger charge is 2.61. The van der Waals surface area contributed by atoms with Crippen LogP contribution < -0.4 is 10.6 Å². The molecule has 3 aromatic rings. The number of carbonyl (C=O) groups excluding carboxylic acids is 2. The zero-order valence-corrected chi connectivity index (χ0v) is 18.3. The summed E-state index contributed by atoms with van der Waals surface area (Å²) in [5.74, 6) is -0.644. The van der Waals surface area contributed by atoms with Gasteiger partial charge < -0.3 is 10.6 Å². The van der Waals surface area contributed by atoms with E-state index in [4.69, 9.17) is 23.2 Å². The summed E-state index contributed by atoms with van der Waals surface area (Å²) in [5, 5.41) is 7.29. The van der Waals surface area contributed by atoms with Gasteiger partial charge in [0.1, 0.15) is 5.41 Å². The van der Waals surface area contributed by atoms with Crippen molar-refractivity contribution in [1.29, 1.82) is 0 Å². The Kier molecular flexibility index (Phi) is 4.80. The standard InChI is InChI=1S/C25H20Cl2N2O2/c1-14-5-2-3-8-18(14)23-25(19-10-9-17(27)12-21(19)28-24(25)31)20(13-22(30)29-23)15-6-4-7-16(26)11-15/h2-12,20,23H,13H2,1H3,(H,28,31)(H,29,30)/t20-,23+,25-/m1/s1. The molecule has 156 valence electrons. The lowest BCUT2D eigenvalue weighted by atomic mass is 9.59. The smallest absolute Gasteiger partial charge is 0.238 e. The molecule has 31 heavy (non-hydrogen) atoms. The Bertz CT molecular complexity index is 1230. The van der Waals surface area contributed by atoms with E-state index in [2.05, 4.69) is 10.6 Å². The van der Waals surface area contributed by atoms with Crippen molar-refractivity contribution in [3.05, 3.63) is 99.0 Å². The summed E-state index contributed by atoms with van der Waals surface area (Å²) in [6.45, 7) is 1.99. The minimum absolute atomic E-state index is 0.0981. The quantitative estimate of drug-likeness (QED) is 0.538. The average Bonchev–Trinajstić information content (AvgIpc) is 3.01. The largest absolute Gasteiger partial charge is 0.348 e. The summed E-state index contributed by atoms with van der Waals surface area (Å²) in [7, 11) is 0. The maximum absolute atomic E-state index is 13.9. The molecule has 1 fully saturated rings. The van der Waals surface area contributed by atoms with E-state index in [1.54, 1.807) is 18.2 Å². The van der Waals surface area contributed by atoms with Crippen LogP contribution in [0.5, 0.6) is 0 Å². The van der Waals surface area contributed by atoms with E-state index in [1.807, 2.05) is 55.5 Å². The highest BCUT2D eigenvalue weighted by molar-refractivity contribution is 6.31. The first-order valence-electron chi connectivity index (χ1n) is 10.1. The average molecular weight is 451 g/mol. The molecule has 2 aliphatic rings. The third-order valence-electron chi connectivity index (χ3n) is 6.50. The van der Waals surface area contributed by atoms with Crippen molar-refractivity contribution in [2.75, 3.05) is 5.32 Å². The number of rotatable bonds is 2. The third kappa shape index (κ3) is 3.05. The molecule has 2 aliphatic heterocycles. The normalized spacial score (nSPS) is 24.6. The number of hydrogen-bond donors (Lipinski definition) is 2. The molecule has 2 heterocycles. The molecule has 2 N–H and O–H groups in total. The molecule has 4 nitrogen and oxygen atoms in total. The van der Waals surface area contributed by atoms with Gasteiger partial charge in [-0.15, -0.1) is 0 Å². The molecule has 0 aliphatic carbocycles. The highest BCUT2D eigenvalue weighted by atomic mass is 35.5. The van der Waals surface area contributed by atoms with Crippen LogP contribution in [0.15, 0.2) is 66.7 Å². The second-order valence-electron chi connectivity index (χ2n) is 8.18. The van der Waals surface area contributed by atoms with E-state index in [0.29, 0.717) is 15.7 Å². The van der Waals surface area contributed by atoms with Gasteiger partial charge in [-0.3, -0.25) is 9.59 Å². The van der Waals surface area contributed by atoms with Gasteiger partial charge >= 0.3 is 0 Å². The molecule has 0 unspecified atom stereocenters. The lowest BCUT2D eigenvalue weighted by molar-refractivity contribution is -0.131. The maximum Gasteiger partial charge on any atom is 0.238 e. The van der Waals surface area contributed by atoms with Crippen LogP contribution in [-0.4, -0.2) is 11.8 Å². The van der Waals surface area contributed by atoms with Gasteiger partial charge in [0, 0.05) is 28.1 Å². The predicted octanol–water partition coefficient (Wildman–Crippen LogP) is 5.54. The maximum atomic E-state index is 13.9. The molecule has 6 heteroatoms. The molecule has 0 aromatic heterocycles. The molecule has 1 saturated heterocycles. The van der Waals surface area contributed by atoms with Crippen LogP contribution in [0.4, 0.5) is 5.69 Å². The number of anilines is 1. The number of carbonyl (C=O) groups is 2. The molecule has 3 aromatic carbocycles. The molecule has 5 rings (SSSR count). The van der Waals surface area contributed by atoms with Gasteiger partial charge in [0.15, 0.2) is 0 Å². The van der Waals surface area contributed by atoms with Gasteiger partial charge in [0.05, 0.1) is 6.04 Å². The van der Waals surface area contributed by atoms with E-state index in [0.717, 1.165) is 22.3 Å². The Hall–Kier alpha value is -2.82. The van der Waals surface area contributed by atoms with Crippen molar-refractivity contribution in [2.45, 2.75) is 30.7 Å². The summed E-state index contributed by atoms with van der Waals surface area (Å²) >= 11 is 12.5. The molecular formula is C25H20Cl2N2O2. The zero-order valence-electron chi connectivity index (χ0n) is 16.8. The Morgan fingerprint density at radius 2 is 1.71 bits per heavy atom. The number of nitrogens with one attached hydrogen (secondary N) is 2. The molecule has 2 amide bonds. The van der Waals surface area contributed by atoms with E-state index in [-0.39, 0.29) is 18.2 Å². The lowest BCUT2D eigenvalue weighted by Gasteiger charge is -2.46. The van der Waals surface area contributed by atoms with Gasteiger partial charge in [0.2, 0.25) is 11.8 Å². The third-order valence-corrected chi connectivity index (χ3v) is 6.97. The van der Waals surface area contributed by atoms with Crippen molar-refractivity contribution in [3.8, 4) is 0 Å². The Morgan fingerprint density at radius 1 is 0.935 bits per heavy atom. The topological polar surface area (TPSA) is 58.2 Å². The van der Waals surface area contributed by atoms with Crippen molar-refractivity contribution in [1.82, 2.24) is 5.32 Å². The van der Waals surface area contributed by atoms with Gasteiger partial charge in [0.25, 0.3) is 0 Å². The first-order valence-corrected chi connectivity index (χ1v) is 10.9. The minimum atomic E-state index is -1.04. The summed E-state index contributed by atoms with van der Waals surface area (Å²) < 4.78 is 0. The fraction of sp³-hybridized carbons (Fsp3) is 0.200. The molecule has 0 saturated carbocycles. The summed E-state index contributed by atoms with van der Waals surface area (Å²) in [5.41, 5.74) is 3.26. The van der Waals surface area contributed by atoms with Crippen LogP contribution in [0.1, 0.15) is 40.6 Å². The monoisotopic (exact) mass is 450 g/mol. The summed E-state index contributed by atoms with van der Waals surface area (Å²) in [6, 6.07) is 20.2. The Labute approximate surface area is 190 Å². The molecule has 1 spiro atoms. The molecule has 3 atom stereocenters. The summed E-state index contributed by atoms with van der Waals surface area (Å²) in [6.07, 6.45) is 0.179. The van der Waals surface area contributed by atoms with Gasteiger partial charge in [-0.25, -0.2) is 0 Å². The second kappa shape index (κ2) is 7.40. The van der Waals surface area contributed by atoms with Crippen molar-refractivity contribution in [2.24, 2.45) is 0 Å². The minimum Gasteiger partial charge on any atom is -0.348 e. The van der Waals surface area contributed by atoms with Gasteiger partial charge in [-0.2, -0.15) is 0 Å². The van der Waals surface area contributed by atoms with Crippen LogP contribution >= 0.6 is 23.2 Å². The predicted molar refractivity (Wildman–Crippen MR) is 123 cm³/mol. The van der Waals surface area contributed by atoms with E-state index in [9.17, 15) is 9.59 Å². The Morgan fingerprint density at radius 3 is 2.48 bits per heavy atom. The first kappa shape index (κ1) is 20.1. The number of aryl methyl sites for hydroxylation is 1. The number of hydrogen-bond acceptors (Lipinski definition) is 2. The number of benzene rings is 3. The molecular weight excluding hydrogens is 431 g/mol. The van der Waals surface area contributed by atoms with Crippen LogP contribution in [0.2, 0.25) is 10.0 Å².